The van der Waals surface area contributed by atoms with Crippen LogP contribution in [0, 0.1) is 11.3 Å². The van der Waals surface area contributed by atoms with E-state index >= 15 is 0 Å². The second kappa shape index (κ2) is 10.5. The van der Waals surface area contributed by atoms with Gasteiger partial charge in [-0.25, -0.2) is 0 Å². The number of rotatable bonds is 6. The molecule has 6 nitrogen and oxygen atoms in total. The molecule has 36 heavy (non-hydrogen) atoms. The van der Waals surface area contributed by atoms with E-state index in [-0.39, 0.29) is 11.9 Å². The molecule has 1 saturated heterocycles. The van der Waals surface area contributed by atoms with Crippen molar-refractivity contribution in [2.75, 3.05) is 33.3 Å². The summed E-state index contributed by atoms with van der Waals surface area (Å²) in [5.74, 6) is 0.616. The minimum atomic E-state index is -0.122. The van der Waals surface area contributed by atoms with Crippen LogP contribution in [-0.4, -0.2) is 53.6 Å². The molecule has 180 valence electrons. The number of hydrogen-bond acceptors (Lipinski definition) is 4. The molecule has 1 aliphatic heterocycles. The Balaban J connectivity index is 1.37. The Kier molecular flexibility index (Phi) is 6.83. The van der Waals surface area contributed by atoms with Gasteiger partial charge in [0.2, 0.25) is 0 Å². The number of carbonyl (C=O) groups excluding carboxylic acids is 1. The smallest absolute Gasteiger partial charge is 0.272 e. The van der Waals surface area contributed by atoms with Gasteiger partial charge in [0.15, 0.2) is 0 Å². The van der Waals surface area contributed by atoms with Crippen LogP contribution in [0.2, 0.25) is 0 Å². The maximum absolute atomic E-state index is 13.7. The van der Waals surface area contributed by atoms with Gasteiger partial charge in [-0.2, -0.15) is 5.26 Å². The second-order valence-electron chi connectivity index (χ2n) is 8.81. The molecule has 0 unspecified atom stereocenters. The zero-order chi connectivity index (χ0) is 24.9. The number of ether oxygens (including phenoxy) is 1. The molecule has 0 spiro atoms. The molecule has 1 amide bonds. The summed E-state index contributed by atoms with van der Waals surface area (Å²) in [7, 11) is 1.62. The summed E-state index contributed by atoms with van der Waals surface area (Å²) in [6.45, 7) is 2.66. The Morgan fingerprint density at radius 1 is 0.833 bits per heavy atom. The van der Waals surface area contributed by atoms with E-state index in [1.165, 1.54) is 11.1 Å². The summed E-state index contributed by atoms with van der Waals surface area (Å²) in [6, 6.07) is 32.5. The number of nitriles is 1. The van der Waals surface area contributed by atoms with Gasteiger partial charge >= 0.3 is 0 Å². The van der Waals surface area contributed by atoms with Crippen molar-refractivity contribution in [2.45, 2.75) is 6.04 Å². The summed E-state index contributed by atoms with van der Waals surface area (Å²) in [5, 5.41) is 9.71. The van der Waals surface area contributed by atoms with Crippen LogP contribution in [0.25, 0.3) is 5.69 Å². The molecular formula is C30H28N4O2. The molecule has 5 rings (SSSR count). The lowest BCUT2D eigenvalue weighted by atomic mass is 9.96. The maximum atomic E-state index is 13.7. The quantitative estimate of drug-likeness (QED) is 0.397. The van der Waals surface area contributed by atoms with Crippen LogP contribution in [0.4, 0.5) is 0 Å². The Hall–Kier alpha value is -4.34. The van der Waals surface area contributed by atoms with Crippen molar-refractivity contribution >= 4 is 5.91 Å². The maximum Gasteiger partial charge on any atom is 0.272 e. The fraction of sp³-hybridized carbons (Fsp3) is 0.200. The average Bonchev–Trinajstić information content (AvgIpc) is 3.39. The van der Waals surface area contributed by atoms with E-state index in [0.29, 0.717) is 24.3 Å². The third kappa shape index (κ3) is 4.61. The van der Waals surface area contributed by atoms with Crippen LogP contribution >= 0.6 is 0 Å². The Labute approximate surface area is 211 Å². The van der Waals surface area contributed by atoms with Gasteiger partial charge in [-0.1, -0.05) is 60.7 Å². The first kappa shape index (κ1) is 23.4. The summed E-state index contributed by atoms with van der Waals surface area (Å²) >= 11 is 0. The van der Waals surface area contributed by atoms with Crippen LogP contribution in [0.15, 0.2) is 97.2 Å². The molecule has 1 aliphatic rings. The first-order chi connectivity index (χ1) is 17.7. The van der Waals surface area contributed by atoms with Crippen LogP contribution in [0.1, 0.15) is 33.2 Å². The standard InChI is InChI=1S/C30H28N4O2/c1-36-27-14-12-26(13-15-27)34-17-16-25(22-31)29(34)30(35)33-20-18-32(19-21-33)28(23-8-4-2-5-9-23)24-10-6-3-7-11-24/h2-17,28H,18-21H2,1H3. The SMILES string of the molecule is COc1ccc(-n2ccc(C#N)c2C(=O)N2CCN(C(c3ccccc3)c3ccccc3)CC2)cc1. The highest BCUT2D eigenvalue weighted by Gasteiger charge is 2.30. The van der Waals surface area contributed by atoms with E-state index in [4.69, 9.17) is 4.74 Å². The summed E-state index contributed by atoms with van der Waals surface area (Å²) in [5.41, 5.74) is 4.07. The highest BCUT2D eigenvalue weighted by molar-refractivity contribution is 5.96. The number of hydrogen-bond donors (Lipinski definition) is 0. The molecule has 3 aromatic carbocycles. The van der Waals surface area contributed by atoms with E-state index in [2.05, 4.69) is 59.5 Å². The minimum absolute atomic E-state index is 0.122. The first-order valence-electron chi connectivity index (χ1n) is 12.1. The predicted octanol–water partition coefficient (Wildman–Crippen LogP) is 4.90. The van der Waals surface area contributed by atoms with Gasteiger partial charge in [0.05, 0.1) is 18.7 Å². The molecule has 0 radical (unpaired) electrons. The Morgan fingerprint density at radius 2 is 1.42 bits per heavy atom. The van der Waals surface area contributed by atoms with Crippen molar-refractivity contribution in [1.29, 1.82) is 5.26 Å². The van der Waals surface area contributed by atoms with Crippen molar-refractivity contribution in [1.82, 2.24) is 14.4 Å². The monoisotopic (exact) mass is 476 g/mol. The minimum Gasteiger partial charge on any atom is -0.497 e. The molecule has 0 atom stereocenters. The molecule has 1 fully saturated rings. The van der Waals surface area contributed by atoms with Crippen LogP contribution < -0.4 is 4.74 Å². The number of nitrogens with zero attached hydrogens (tertiary/aromatic N) is 4. The zero-order valence-corrected chi connectivity index (χ0v) is 20.2. The second-order valence-corrected chi connectivity index (χ2v) is 8.81. The van der Waals surface area contributed by atoms with Gasteiger partial charge in [0.1, 0.15) is 17.5 Å². The lowest BCUT2D eigenvalue weighted by Gasteiger charge is -2.40. The summed E-state index contributed by atoms with van der Waals surface area (Å²) < 4.78 is 7.05. The van der Waals surface area contributed by atoms with Gasteiger partial charge < -0.3 is 14.2 Å². The average molecular weight is 477 g/mol. The van der Waals surface area contributed by atoms with Gasteiger partial charge in [0.25, 0.3) is 5.91 Å². The van der Waals surface area contributed by atoms with Crippen LogP contribution in [0.5, 0.6) is 5.75 Å². The normalized spacial score (nSPS) is 14.0. The highest BCUT2D eigenvalue weighted by Crippen LogP contribution is 2.30. The Bertz CT molecular complexity index is 1310. The Morgan fingerprint density at radius 3 is 1.94 bits per heavy atom. The van der Waals surface area contributed by atoms with Gasteiger partial charge in [-0.05, 0) is 41.5 Å². The molecule has 1 aromatic heterocycles. The number of benzene rings is 3. The zero-order valence-electron chi connectivity index (χ0n) is 20.2. The molecule has 0 bridgehead atoms. The lowest BCUT2D eigenvalue weighted by Crippen LogP contribution is -2.50. The largest absolute Gasteiger partial charge is 0.497 e. The number of amides is 1. The third-order valence-corrected chi connectivity index (χ3v) is 6.76. The van der Waals surface area contributed by atoms with E-state index < -0.39 is 0 Å². The lowest BCUT2D eigenvalue weighted by molar-refractivity contribution is 0.0589. The van der Waals surface area contributed by atoms with E-state index in [1.807, 2.05) is 41.3 Å². The molecule has 0 saturated carbocycles. The number of carbonyl (C=O) groups is 1. The fourth-order valence-electron chi connectivity index (χ4n) is 4.92. The van der Waals surface area contributed by atoms with Gasteiger partial charge in [-0.3, -0.25) is 9.69 Å². The molecule has 2 heterocycles. The molecule has 4 aromatic rings. The van der Waals surface area contributed by atoms with Gasteiger partial charge in [-0.15, -0.1) is 0 Å². The van der Waals surface area contributed by atoms with E-state index in [1.54, 1.807) is 23.9 Å². The summed E-state index contributed by atoms with van der Waals surface area (Å²) in [4.78, 5) is 18.0. The van der Waals surface area contributed by atoms with Crippen molar-refractivity contribution in [2.24, 2.45) is 0 Å². The number of methoxy groups -OCH3 is 1. The third-order valence-electron chi connectivity index (χ3n) is 6.76. The molecule has 6 heteroatoms. The molecule has 0 aliphatic carbocycles. The number of piperazine rings is 1. The van der Waals surface area contributed by atoms with E-state index in [9.17, 15) is 10.1 Å². The first-order valence-corrected chi connectivity index (χ1v) is 12.1. The predicted molar refractivity (Wildman–Crippen MR) is 139 cm³/mol. The summed E-state index contributed by atoms with van der Waals surface area (Å²) in [6.07, 6.45) is 1.78. The van der Waals surface area contributed by atoms with Crippen molar-refractivity contribution < 1.29 is 9.53 Å². The number of aromatic nitrogens is 1. The van der Waals surface area contributed by atoms with Crippen molar-refractivity contribution in [3.63, 3.8) is 0 Å². The highest BCUT2D eigenvalue weighted by atomic mass is 16.5. The van der Waals surface area contributed by atoms with Gasteiger partial charge in [0, 0.05) is 38.1 Å². The van der Waals surface area contributed by atoms with Crippen molar-refractivity contribution in [3.8, 4) is 17.5 Å². The van der Waals surface area contributed by atoms with Crippen molar-refractivity contribution in [3.05, 3.63) is 120 Å². The molecule has 0 N–H and O–H groups in total. The topological polar surface area (TPSA) is 61.5 Å². The molecular weight excluding hydrogens is 448 g/mol. The van der Waals surface area contributed by atoms with Crippen LogP contribution in [0.3, 0.4) is 0 Å². The van der Waals surface area contributed by atoms with Crippen LogP contribution in [-0.2, 0) is 0 Å². The fourth-order valence-corrected chi connectivity index (χ4v) is 4.92. The van der Waals surface area contributed by atoms with E-state index in [0.717, 1.165) is 24.5 Å².